The van der Waals surface area contributed by atoms with Gasteiger partial charge in [-0.1, -0.05) is 6.07 Å². The number of aromatic amines is 1. The van der Waals surface area contributed by atoms with Crippen LogP contribution < -0.4 is 20.1 Å². The fraction of sp³-hybridized carbons (Fsp3) is 0.375. The van der Waals surface area contributed by atoms with Crippen molar-refractivity contribution >= 4 is 11.7 Å². The van der Waals surface area contributed by atoms with Gasteiger partial charge >= 0.3 is 0 Å². The van der Waals surface area contributed by atoms with Crippen LogP contribution in [0.25, 0.3) is 0 Å². The third-order valence-electron chi connectivity index (χ3n) is 4.04. The number of hydrogen-bond donors (Lipinski definition) is 3. The lowest BCUT2D eigenvalue weighted by Gasteiger charge is -2.18. The summed E-state index contributed by atoms with van der Waals surface area (Å²) < 4.78 is 11.0. The van der Waals surface area contributed by atoms with E-state index < -0.39 is 0 Å². The van der Waals surface area contributed by atoms with Crippen molar-refractivity contribution in [1.82, 2.24) is 15.5 Å². The van der Waals surface area contributed by atoms with Gasteiger partial charge in [0.15, 0.2) is 17.3 Å². The second-order valence-electron chi connectivity index (χ2n) is 5.66. The zero-order valence-corrected chi connectivity index (χ0v) is 12.6. The number of anilines is 1. The molecule has 0 fully saturated rings. The second kappa shape index (κ2) is 5.92. The van der Waals surface area contributed by atoms with E-state index in [2.05, 4.69) is 20.8 Å². The van der Waals surface area contributed by atoms with Crippen LogP contribution in [-0.4, -0.2) is 35.9 Å². The molecular weight excluding hydrogens is 296 g/mol. The zero-order chi connectivity index (χ0) is 15.6. The maximum Gasteiger partial charge on any atom is 0.230 e. The van der Waals surface area contributed by atoms with Crippen LogP contribution >= 0.6 is 0 Å². The monoisotopic (exact) mass is 314 g/mol. The number of fused-ring (bicyclic) bond motifs is 2. The molecule has 1 aromatic heterocycles. The molecule has 120 valence electrons. The Morgan fingerprint density at radius 3 is 3.04 bits per heavy atom. The van der Waals surface area contributed by atoms with E-state index in [1.54, 1.807) is 0 Å². The van der Waals surface area contributed by atoms with Crippen LogP contribution in [0.1, 0.15) is 16.8 Å². The molecule has 0 spiro atoms. The Bertz CT molecular complexity index is 741. The van der Waals surface area contributed by atoms with E-state index >= 15 is 0 Å². The van der Waals surface area contributed by atoms with Gasteiger partial charge in [0.2, 0.25) is 5.91 Å². The first-order valence-corrected chi connectivity index (χ1v) is 7.75. The van der Waals surface area contributed by atoms with Gasteiger partial charge < -0.3 is 20.1 Å². The Balaban J connectivity index is 1.45. The van der Waals surface area contributed by atoms with Gasteiger partial charge in [-0.25, -0.2) is 0 Å². The quantitative estimate of drug-likeness (QED) is 0.787. The van der Waals surface area contributed by atoms with Gasteiger partial charge in [-0.15, -0.1) is 0 Å². The van der Waals surface area contributed by atoms with Crippen molar-refractivity contribution in [2.24, 2.45) is 0 Å². The molecule has 7 nitrogen and oxygen atoms in total. The number of H-pyrrole nitrogens is 1. The molecule has 23 heavy (non-hydrogen) atoms. The summed E-state index contributed by atoms with van der Waals surface area (Å²) >= 11 is 0. The molecule has 0 saturated carbocycles. The fourth-order valence-electron chi connectivity index (χ4n) is 2.91. The van der Waals surface area contributed by atoms with Gasteiger partial charge in [0.1, 0.15) is 13.2 Å². The van der Waals surface area contributed by atoms with E-state index in [4.69, 9.17) is 9.47 Å². The van der Waals surface area contributed by atoms with Gasteiger partial charge in [0.05, 0.1) is 12.1 Å². The Labute approximate surface area is 133 Å². The molecule has 0 aliphatic carbocycles. The van der Waals surface area contributed by atoms with E-state index in [1.807, 2.05) is 18.2 Å². The highest BCUT2D eigenvalue weighted by Crippen LogP contribution is 2.31. The van der Waals surface area contributed by atoms with Crippen LogP contribution in [0.2, 0.25) is 0 Å². The molecule has 7 heteroatoms. The van der Waals surface area contributed by atoms with Crippen LogP contribution in [0.5, 0.6) is 11.5 Å². The topological polar surface area (TPSA) is 88.3 Å². The highest BCUT2D eigenvalue weighted by atomic mass is 16.6. The van der Waals surface area contributed by atoms with E-state index in [0.717, 1.165) is 42.1 Å². The van der Waals surface area contributed by atoms with Crippen LogP contribution in [-0.2, 0) is 24.2 Å². The zero-order valence-electron chi connectivity index (χ0n) is 12.6. The van der Waals surface area contributed by atoms with Gasteiger partial charge in [-0.2, -0.15) is 5.10 Å². The van der Waals surface area contributed by atoms with Gasteiger partial charge in [-0.3, -0.25) is 9.89 Å². The molecule has 4 rings (SSSR count). The summed E-state index contributed by atoms with van der Waals surface area (Å²) in [4.78, 5) is 12.3. The number of carbonyl (C=O) groups excluding carboxylic acids is 1. The standard InChI is InChI=1S/C16H18N4O3/c21-15(18-16-11-3-4-17-9-12(11)19-20-16)8-10-1-2-13-14(7-10)23-6-5-22-13/h1-2,7,17H,3-6,8-9H2,(H2,18,19,20,21). The molecule has 1 aromatic carbocycles. The molecule has 0 atom stereocenters. The van der Waals surface area contributed by atoms with Crippen LogP contribution in [0, 0.1) is 0 Å². The molecular formula is C16H18N4O3. The van der Waals surface area contributed by atoms with Crippen LogP contribution in [0.4, 0.5) is 5.82 Å². The number of ether oxygens (including phenoxy) is 2. The Morgan fingerprint density at radius 2 is 2.13 bits per heavy atom. The van der Waals surface area contributed by atoms with E-state index in [-0.39, 0.29) is 12.3 Å². The molecule has 2 aliphatic heterocycles. The molecule has 2 aromatic rings. The van der Waals surface area contributed by atoms with E-state index in [1.165, 1.54) is 0 Å². The molecule has 0 bridgehead atoms. The number of nitrogens with one attached hydrogen (secondary N) is 3. The maximum atomic E-state index is 12.3. The third-order valence-corrected chi connectivity index (χ3v) is 4.04. The smallest absolute Gasteiger partial charge is 0.230 e. The summed E-state index contributed by atoms with van der Waals surface area (Å²) in [5.41, 5.74) is 3.03. The molecule has 0 unspecified atom stereocenters. The largest absolute Gasteiger partial charge is 0.486 e. The molecule has 0 radical (unpaired) electrons. The number of benzene rings is 1. The summed E-state index contributed by atoms with van der Waals surface area (Å²) in [6.07, 6.45) is 1.14. The highest BCUT2D eigenvalue weighted by Gasteiger charge is 2.18. The summed E-state index contributed by atoms with van der Waals surface area (Å²) in [5.74, 6) is 1.98. The SMILES string of the molecule is O=C(Cc1ccc2c(c1)OCCO2)Nc1n[nH]c2c1CCNC2. The Kier molecular flexibility index (Phi) is 3.63. The first-order chi connectivity index (χ1) is 11.3. The first kappa shape index (κ1) is 14.1. The number of aromatic nitrogens is 2. The van der Waals surface area contributed by atoms with Crippen LogP contribution in [0.3, 0.4) is 0 Å². The predicted molar refractivity (Wildman–Crippen MR) is 83.8 cm³/mol. The maximum absolute atomic E-state index is 12.3. The number of carbonyl (C=O) groups is 1. The number of nitrogens with zero attached hydrogens (tertiary/aromatic N) is 1. The highest BCUT2D eigenvalue weighted by molar-refractivity contribution is 5.92. The Hall–Kier alpha value is -2.54. The normalized spacial score (nSPS) is 15.8. The molecule has 1 amide bonds. The first-order valence-electron chi connectivity index (χ1n) is 7.75. The second-order valence-corrected chi connectivity index (χ2v) is 5.66. The summed E-state index contributed by atoms with van der Waals surface area (Å²) in [5, 5.41) is 13.3. The number of amides is 1. The lowest BCUT2D eigenvalue weighted by Crippen LogP contribution is -2.24. The van der Waals surface area contributed by atoms with Crippen molar-refractivity contribution in [3.63, 3.8) is 0 Å². The molecule has 0 saturated heterocycles. The van der Waals surface area contributed by atoms with Gasteiger partial charge in [-0.05, 0) is 30.7 Å². The van der Waals surface area contributed by atoms with Crippen molar-refractivity contribution < 1.29 is 14.3 Å². The third kappa shape index (κ3) is 2.87. The minimum atomic E-state index is -0.0884. The summed E-state index contributed by atoms with van der Waals surface area (Å²) in [6, 6.07) is 5.59. The van der Waals surface area contributed by atoms with Crippen molar-refractivity contribution in [2.75, 3.05) is 25.1 Å². The van der Waals surface area contributed by atoms with Crippen molar-refractivity contribution in [2.45, 2.75) is 19.4 Å². The molecule has 3 N–H and O–H groups in total. The fourth-order valence-corrected chi connectivity index (χ4v) is 2.91. The molecule has 3 heterocycles. The van der Waals surface area contributed by atoms with Crippen molar-refractivity contribution in [3.8, 4) is 11.5 Å². The van der Waals surface area contributed by atoms with Gasteiger partial charge in [0.25, 0.3) is 0 Å². The number of rotatable bonds is 3. The van der Waals surface area contributed by atoms with E-state index in [9.17, 15) is 4.79 Å². The van der Waals surface area contributed by atoms with Crippen molar-refractivity contribution in [1.29, 1.82) is 0 Å². The molecule has 2 aliphatic rings. The van der Waals surface area contributed by atoms with Crippen molar-refractivity contribution in [3.05, 3.63) is 35.0 Å². The van der Waals surface area contributed by atoms with E-state index in [0.29, 0.717) is 24.8 Å². The summed E-state index contributed by atoms with van der Waals surface area (Å²) in [7, 11) is 0. The Morgan fingerprint density at radius 1 is 1.26 bits per heavy atom. The minimum absolute atomic E-state index is 0.0884. The lowest BCUT2D eigenvalue weighted by molar-refractivity contribution is -0.115. The average molecular weight is 314 g/mol. The van der Waals surface area contributed by atoms with Crippen LogP contribution in [0.15, 0.2) is 18.2 Å². The van der Waals surface area contributed by atoms with Gasteiger partial charge in [0, 0.05) is 12.1 Å². The summed E-state index contributed by atoms with van der Waals surface area (Å²) in [6.45, 7) is 2.76. The lowest BCUT2D eigenvalue weighted by atomic mass is 10.1. The number of hydrogen-bond acceptors (Lipinski definition) is 5. The predicted octanol–water partition coefficient (Wildman–Crippen LogP) is 1.01. The minimum Gasteiger partial charge on any atom is -0.486 e. The average Bonchev–Trinajstić information content (AvgIpc) is 2.98.